The molecule has 148 valence electrons. The third-order valence-corrected chi connectivity index (χ3v) is 4.34. The molecule has 0 aliphatic heterocycles. The van der Waals surface area contributed by atoms with Crippen molar-refractivity contribution in [3.63, 3.8) is 0 Å². The molecule has 0 saturated heterocycles. The maximum Gasteiger partial charge on any atom is 0.416 e. The van der Waals surface area contributed by atoms with Crippen LogP contribution in [0, 0.1) is 5.92 Å². The van der Waals surface area contributed by atoms with Gasteiger partial charge in [-0.15, -0.1) is 0 Å². The van der Waals surface area contributed by atoms with Gasteiger partial charge in [-0.1, -0.05) is 13.3 Å². The van der Waals surface area contributed by atoms with Crippen molar-refractivity contribution in [3.8, 4) is 0 Å². The van der Waals surface area contributed by atoms with Gasteiger partial charge in [-0.2, -0.15) is 26.3 Å². The van der Waals surface area contributed by atoms with Crippen molar-refractivity contribution >= 4 is 5.97 Å². The van der Waals surface area contributed by atoms with Crippen molar-refractivity contribution < 1.29 is 36.2 Å². The summed E-state index contributed by atoms with van der Waals surface area (Å²) in [6, 6.07) is 1.35. The van der Waals surface area contributed by atoms with E-state index in [0.717, 1.165) is 0 Å². The van der Waals surface area contributed by atoms with Crippen LogP contribution >= 0.6 is 0 Å². The highest BCUT2D eigenvalue weighted by atomic mass is 19.4. The summed E-state index contributed by atoms with van der Waals surface area (Å²) in [6.45, 7) is 3.02. The summed E-state index contributed by atoms with van der Waals surface area (Å²) in [6.07, 6.45) is -9.22. The van der Waals surface area contributed by atoms with E-state index in [-0.39, 0.29) is 25.2 Å². The van der Waals surface area contributed by atoms with Crippen LogP contribution < -0.4 is 5.73 Å². The van der Waals surface area contributed by atoms with Crippen LogP contribution in [0.25, 0.3) is 0 Å². The number of carboxylic acid groups (broad SMARTS) is 1. The van der Waals surface area contributed by atoms with Crippen LogP contribution in [0.15, 0.2) is 18.2 Å². The summed E-state index contributed by atoms with van der Waals surface area (Å²) < 4.78 is 77.7. The van der Waals surface area contributed by atoms with Crippen molar-refractivity contribution in [2.24, 2.45) is 11.7 Å². The molecule has 0 saturated carbocycles. The zero-order valence-electron chi connectivity index (χ0n) is 14.3. The maximum absolute atomic E-state index is 13.1. The lowest BCUT2D eigenvalue weighted by Gasteiger charge is -2.25. The first-order valence-corrected chi connectivity index (χ1v) is 7.98. The molecule has 0 aromatic heterocycles. The highest BCUT2D eigenvalue weighted by molar-refractivity contribution is 5.77. The maximum atomic E-state index is 13.1. The van der Waals surface area contributed by atoms with Gasteiger partial charge in [-0.05, 0) is 55.9 Å². The Balaban J connectivity index is 3.07. The number of hydrogen-bond donors (Lipinski definition) is 2. The van der Waals surface area contributed by atoms with Crippen LogP contribution in [0.3, 0.4) is 0 Å². The normalized spacial score (nSPS) is 16.2. The SMILES string of the molecule is CCC(CCc1cc(C(F)(F)F)ccc1C(F)(F)F)CC(C)(N)C(=O)O. The highest BCUT2D eigenvalue weighted by Crippen LogP contribution is 2.37. The molecule has 1 aromatic rings. The summed E-state index contributed by atoms with van der Waals surface area (Å²) in [5.74, 6) is -1.58. The number of carboxylic acids is 1. The van der Waals surface area contributed by atoms with Gasteiger partial charge >= 0.3 is 18.3 Å². The third kappa shape index (κ3) is 5.89. The molecule has 0 radical (unpaired) electrons. The van der Waals surface area contributed by atoms with Gasteiger partial charge in [0, 0.05) is 0 Å². The largest absolute Gasteiger partial charge is 0.480 e. The minimum absolute atomic E-state index is 0.0130. The summed E-state index contributed by atoms with van der Waals surface area (Å²) in [7, 11) is 0. The molecule has 3 nitrogen and oxygen atoms in total. The van der Waals surface area contributed by atoms with Gasteiger partial charge in [-0.3, -0.25) is 4.79 Å². The number of hydrogen-bond acceptors (Lipinski definition) is 2. The molecule has 2 unspecified atom stereocenters. The topological polar surface area (TPSA) is 63.3 Å². The molecule has 0 spiro atoms. The molecule has 9 heteroatoms. The molecule has 0 amide bonds. The lowest BCUT2D eigenvalue weighted by atomic mass is 9.84. The molecular weight excluding hydrogens is 364 g/mol. The zero-order chi connectivity index (χ0) is 20.3. The van der Waals surface area contributed by atoms with Crippen LogP contribution in [0.5, 0.6) is 0 Å². The van der Waals surface area contributed by atoms with Gasteiger partial charge in [-0.25, -0.2) is 0 Å². The van der Waals surface area contributed by atoms with Gasteiger partial charge in [0.05, 0.1) is 11.1 Å². The van der Waals surface area contributed by atoms with Crippen molar-refractivity contribution in [1.29, 1.82) is 0 Å². The van der Waals surface area contributed by atoms with E-state index in [9.17, 15) is 31.1 Å². The molecule has 1 rings (SSSR count). The Morgan fingerprint density at radius 1 is 1.15 bits per heavy atom. The number of alkyl halides is 6. The Bertz CT molecular complexity index is 637. The Morgan fingerprint density at radius 2 is 1.73 bits per heavy atom. The van der Waals surface area contributed by atoms with E-state index in [2.05, 4.69) is 0 Å². The van der Waals surface area contributed by atoms with E-state index in [1.807, 2.05) is 0 Å². The first-order chi connectivity index (χ1) is 11.7. The molecule has 0 heterocycles. The van der Waals surface area contributed by atoms with Crippen molar-refractivity contribution in [2.75, 3.05) is 0 Å². The van der Waals surface area contributed by atoms with Crippen LogP contribution in [0.1, 0.15) is 49.8 Å². The van der Waals surface area contributed by atoms with Gasteiger partial charge < -0.3 is 10.8 Å². The van der Waals surface area contributed by atoms with E-state index in [1.54, 1.807) is 6.92 Å². The van der Waals surface area contributed by atoms with E-state index < -0.39 is 40.6 Å². The number of nitrogens with two attached hydrogens (primary N) is 1. The Labute approximate surface area is 147 Å². The summed E-state index contributed by atoms with van der Waals surface area (Å²) in [4.78, 5) is 11.1. The van der Waals surface area contributed by atoms with Crippen LogP contribution in [-0.2, 0) is 23.6 Å². The second kappa shape index (κ2) is 7.85. The second-order valence-corrected chi connectivity index (χ2v) is 6.61. The summed E-state index contributed by atoms with van der Waals surface area (Å²) in [5.41, 5.74) is 1.38. The molecule has 3 N–H and O–H groups in total. The molecular formula is C17H21F6NO2. The number of aryl methyl sites for hydroxylation is 1. The van der Waals surface area contributed by atoms with Crippen LogP contribution in [0.2, 0.25) is 0 Å². The van der Waals surface area contributed by atoms with Crippen LogP contribution in [-0.4, -0.2) is 16.6 Å². The third-order valence-electron chi connectivity index (χ3n) is 4.34. The first kappa shape index (κ1) is 22.3. The van der Waals surface area contributed by atoms with Crippen molar-refractivity contribution in [1.82, 2.24) is 0 Å². The molecule has 0 bridgehead atoms. The predicted octanol–water partition coefficient (Wildman–Crippen LogP) is 4.88. The minimum atomic E-state index is -4.77. The average Bonchev–Trinajstić information content (AvgIpc) is 2.49. The van der Waals surface area contributed by atoms with Crippen molar-refractivity contribution in [3.05, 3.63) is 34.9 Å². The molecule has 0 aliphatic carbocycles. The Hall–Kier alpha value is -1.77. The van der Waals surface area contributed by atoms with E-state index in [4.69, 9.17) is 10.8 Å². The molecule has 0 aliphatic rings. The number of rotatable bonds is 7. The average molecular weight is 385 g/mol. The van der Waals surface area contributed by atoms with Gasteiger partial charge in [0.25, 0.3) is 0 Å². The van der Waals surface area contributed by atoms with Gasteiger partial charge in [0.15, 0.2) is 0 Å². The fraction of sp³-hybridized carbons (Fsp3) is 0.588. The smallest absolute Gasteiger partial charge is 0.416 e. The van der Waals surface area contributed by atoms with E-state index >= 15 is 0 Å². The number of carbonyl (C=O) groups is 1. The molecule has 0 fully saturated rings. The molecule has 26 heavy (non-hydrogen) atoms. The molecule has 2 atom stereocenters. The van der Waals surface area contributed by atoms with Gasteiger partial charge in [0.2, 0.25) is 0 Å². The first-order valence-electron chi connectivity index (χ1n) is 7.98. The second-order valence-electron chi connectivity index (χ2n) is 6.61. The lowest BCUT2D eigenvalue weighted by molar-refractivity contribution is -0.143. The van der Waals surface area contributed by atoms with Gasteiger partial charge in [0.1, 0.15) is 5.54 Å². The number of halogens is 6. The Morgan fingerprint density at radius 3 is 2.15 bits per heavy atom. The highest BCUT2D eigenvalue weighted by Gasteiger charge is 2.37. The van der Waals surface area contributed by atoms with Crippen LogP contribution in [0.4, 0.5) is 26.3 Å². The van der Waals surface area contributed by atoms with E-state index in [1.165, 1.54) is 6.92 Å². The zero-order valence-corrected chi connectivity index (χ0v) is 14.3. The fourth-order valence-electron chi connectivity index (χ4n) is 2.75. The monoisotopic (exact) mass is 385 g/mol. The fourth-order valence-corrected chi connectivity index (χ4v) is 2.75. The van der Waals surface area contributed by atoms with Crippen molar-refractivity contribution in [2.45, 2.75) is 57.4 Å². The number of aliphatic carboxylic acids is 1. The number of benzene rings is 1. The molecule has 1 aromatic carbocycles. The minimum Gasteiger partial charge on any atom is -0.480 e. The quantitative estimate of drug-likeness (QED) is 0.658. The summed E-state index contributed by atoms with van der Waals surface area (Å²) >= 11 is 0. The Kier molecular flexibility index (Phi) is 6.73. The van der Waals surface area contributed by atoms with E-state index in [0.29, 0.717) is 24.6 Å². The predicted molar refractivity (Wildman–Crippen MR) is 83.4 cm³/mol. The lowest BCUT2D eigenvalue weighted by Crippen LogP contribution is -2.46. The standard InChI is InChI=1S/C17H21F6NO2/c1-3-10(9-15(2,24)14(25)26)4-5-11-8-12(16(18,19)20)6-7-13(11)17(21,22)23/h6-8,10H,3-5,9,24H2,1-2H3,(H,25,26). The summed E-state index contributed by atoms with van der Waals surface area (Å²) in [5, 5.41) is 9.05.